The molecule has 0 radical (unpaired) electrons. The highest BCUT2D eigenvalue weighted by atomic mass is 79.9. The summed E-state index contributed by atoms with van der Waals surface area (Å²) in [5.41, 5.74) is 2.63. The van der Waals surface area contributed by atoms with Gasteiger partial charge in [-0.1, -0.05) is 36.4 Å². The monoisotopic (exact) mass is 293 g/mol. The van der Waals surface area contributed by atoms with Crippen LogP contribution in [0.5, 0.6) is 0 Å². The molecule has 1 heterocycles. The van der Waals surface area contributed by atoms with Gasteiger partial charge in [0.2, 0.25) is 0 Å². The molecule has 1 aromatic carbocycles. The molecule has 88 valence electrons. The summed E-state index contributed by atoms with van der Waals surface area (Å²) in [7, 11) is 1.83. The number of aryl methyl sites for hydroxylation is 1. The summed E-state index contributed by atoms with van der Waals surface area (Å²) in [6, 6.07) is 7.49. The molecule has 0 N–H and O–H groups in total. The molecule has 0 saturated heterocycles. The lowest BCUT2D eigenvalue weighted by Crippen LogP contribution is -1.97. The van der Waals surface area contributed by atoms with Gasteiger partial charge in [-0.25, -0.2) is 4.68 Å². The molecule has 17 heavy (non-hydrogen) atoms. The maximum atomic E-state index is 11.5. The van der Waals surface area contributed by atoms with Crippen molar-refractivity contribution < 1.29 is 4.79 Å². The molecule has 2 aromatic rings. The van der Waals surface area contributed by atoms with Crippen molar-refractivity contribution in [1.82, 2.24) is 15.0 Å². The zero-order valence-electron chi connectivity index (χ0n) is 9.64. The van der Waals surface area contributed by atoms with E-state index in [0.29, 0.717) is 11.0 Å². The standard InChI is InChI=1S/C12H12BrN3O/c1-3-10(17)8-4-6-9(7-5-8)11-12(13)14-15-16(11)2/h4-7H,3H2,1-2H3. The average molecular weight is 294 g/mol. The van der Waals surface area contributed by atoms with Gasteiger partial charge >= 0.3 is 0 Å². The number of carbonyl (C=O) groups is 1. The van der Waals surface area contributed by atoms with Crippen molar-refractivity contribution in [2.24, 2.45) is 7.05 Å². The van der Waals surface area contributed by atoms with Gasteiger partial charge in [0.05, 0.1) is 0 Å². The van der Waals surface area contributed by atoms with E-state index in [1.165, 1.54) is 0 Å². The predicted octanol–water partition coefficient (Wildman–Crippen LogP) is 2.84. The van der Waals surface area contributed by atoms with Gasteiger partial charge in [0.15, 0.2) is 10.4 Å². The van der Waals surface area contributed by atoms with E-state index in [9.17, 15) is 4.79 Å². The zero-order chi connectivity index (χ0) is 12.4. The summed E-state index contributed by atoms with van der Waals surface area (Å²) < 4.78 is 2.40. The Labute approximate surface area is 108 Å². The number of nitrogens with zero attached hydrogens (tertiary/aromatic N) is 3. The van der Waals surface area contributed by atoms with Gasteiger partial charge in [0, 0.05) is 24.6 Å². The summed E-state index contributed by atoms with van der Waals surface area (Å²) in [5.74, 6) is 0.152. The van der Waals surface area contributed by atoms with Crippen molar-refractivity contribution in [3.05, 3.63) is 34.4 Å². The van der Waals surface area contributed by atoms with Gasteiger partial charge < -0.3 is 0 Å². The molecule has 0 aliphatic carbocycles. The van der Waals surface area contributed by atoms with Crippen molar-refractivity contribution >= 4 is 21.7 Å². The van der Waals surface area contributed by atoms with E-state index in [0.717, 1.165) is 16.8 Å². The molecular weight excluding hydrogens is 282 g/mol. The van der Waals surface area contributed by atoms with Gasteiger partial charge in [-0.3, -0.25) is 4.79 Å². The first-order valence-corrected chi connectivity index (χ1v) is 6.11. The zero-order valence-corrected chi connectivity index (χ0v) is 11.2. The van der Waals surface area contributed by atoms with Crippen molar-refractivity contribution in [3.63, 3.8) is 0 Å². The molecule has 0 amide bonds. The summed E-state index contributed by atoms with van der Waals surface area (Å²) >= 11 is 3.35. The highest BCUT2D eigenvalue weighted by Crippen LogP contribution is 2.25. The van der Waals surface area contributed by atoms with E-state index in [4.69, 9.17) is 0 Å². The summed E-state index contributed by atoms with van der Waals surface area (Å²) in [6.45, 7) is 1.86. The Morgan fingerprint density at radius 3 is 2.47 bits per heavy atom. The molecule has 0 spiro atoms. The van der Waals surface area contributed by atoms with Gasteiger partial charge in [-0.2, -0.15) is 0 Å². The fraction of sp³-hybridized carbons (Fsp3) is 0.250. The van der Waals surface area contributed by atoms with Crippen molar-refractivity contribution in [1.29, 1.82) is 0 Å². The van der Waals surface area contributed by atoms with Crippen LogP contribution in [-0.4, -0.2) is 20.8 Å². The molecule has 0 aliphatic heterocycles. The number of aromatic nitrogens is 3. The average Bonchev–Trinajstić information content (AvgIpc) is 2.68. The fourth-order valence-electron chi connectivity index (χ4n) is 1.66. The fourth-order valence-corrected chi connectivity index (χ4v) is 2.21. The molecule has 4 nitrogen and oxygen atoms in total. The quantitative estimate of drug-likeness (QED) is 0.818. The first-order chi connectivity index (χ1) is 8.13. The van der Waals surface area contributed by atoms with E-state index >= 15 is 0 Å². The Balaban J connectivity index is 2.39. The molecule has 2 rings (SSSR count). The lowest BCUT2D eigenvalue weighted by atomic mass is 10.1. The highest BCUT2D eigenvalue weighted by molar-refractivity contribution is 9.10. The number of hydrogen-bond donors (Lipinski definition) is 0. The SMILES string of the molecule is CCC(=O)c1ccc(-c2c(Br)nnn2C)cc1. The van der Waals surface area contributed by atoms with Gasteiger partial charge in [0.1, 0.15) is 5.69 Å². The topological polar surface area (TPSA) is 47.8 Å². The van der Waals surface area contributed by atoms with E-state index < -0.39 is 0 Å². The minimum atomic E-state index is 0.152. The minimum Gasteiger partial charge on any atom is -0.294 e. The minimum absolute atomic E-state index is 0.152. The molecule has 0 bridgehead atoms. The second-order valence-corrected chi connectivity index (χ2v) is 4.46. The number of Topliss-reactive ketones (excluding diaryl/α,β-unsaturated/α-hetero) is 1. The van der Waals surface area contributed by atoms with Crippen molar-refractivity contribution in [3.8, 4) is 11.3 Å². The van der Waals surface area contributed by atoms with Crippen LogP contribution in [0.1, 0.15) is 23.7 Å². The number of benzene rings is 1. The number of ketones is 1. The van der Waals surface area contributed by atoms with Crippen LogP contribution < -0.4 is 0 Å². The first-order valence-electron chi connectivity index (χ1n) is 5.32. The summed E-state index contributed by atoms with van der Waals surface area (Å²) in [5, 5.41) is 7.85. The Bertz CT molecular complexity index is 526. The van der Waals surface area contributed by atoms with E-state index in [-0.39, 0.29) is 5.78 Å². The van der Waals surface area contributed by atoms with Crippen LogP contribution in [0.25, 0.3) is 11.3 Å². The highest BCUT2D eigenvalue weighted by Gasteiger charge is 2.11. The smallest absolute Gasteiger partial charge is 0.162 e. The Kier molecular flexibility index (Phi) is 3.38. The lowest BCUT2D eigenvalue weighted by molar-refractivity contribution is 0.0988. The predicted molar refractivity (Wildman–Crippen MR) is 68.8 cm³/mol. The summed E-state index contributed by atoms with van der Waals surface area (Å²) in [6.07, 6.45) is 0.524. The van der Waals surface area contributed by atoms with Crippen LogP contribution in [0.4, 0.5) is 0 Å². The Hall–Kier alpha value is -1.49. The lowest BCUT2D eigenvalue weighted by Gasteiger charge is -2.03. The third kappa shape index (κ3) is 2.29. The number of hydrogen-bond acceptors (Lipinski definition) is 3. The maximum Gasteiger partial charge on any atom is 0.162 e. The van der Waals surface area contributed by atoms with Gasteiger partial charge in [-0.15, -0.1) is 5.10 Å². The number of halogens is 1. The molecule has 0 atom stereocenters. The number of carbonyl (C=O) groups excluding carboxylic acids is 1. The van der Waals surface area contributed by atoms with Crippen LogP contribution in [0.15, 0.2) is 28.9 Å². The third-order valence-electron chi connectivity index (χ3n) is 2.59. The van der Waals surface area contributed by atoms with Crippen LogP contribution in [0.3, 0.4) is 0 Å². The Morgan fingerprint density at radius 1 is 1.35 bits per heavy atom. The largest absolute Gasteiger partial charge is 0.294 e. The molecule has 0 unspecified atom stereocenters. The molecule has 0 fully saturated rings. The van der Waals surface area contributed by atoms with Crippen LogP contribution in [0.2, 0.25) is 0 Å². The van der Waals surface area contributed by atoms with Crippen LogP contribution >= 0.6 is 15.9 Å². The second kappa shape index (κ2) is 4.79. The number of rotatable bonds is 3. The van der Waals surface area contributed by atoms with Crippen molar-refractivity contribution in [2.75, 3.05) is 0 Å². The third-order valence-corrected chi connectivity index (χ3v) is 3.12. The molecule has 1 aromatic heterocycles. The van der Waals surface area contributed by atoms with Gasteiger partial charge in [-0.05, 0) is 15.9 Å². The van der Waals surface area contributed by atoms with Crippen LogP contribution in [-0.2, 0) is 7.05 Å². The van der Waals surface area contributed by atoms with Crippen molar-refractivity contribution in [2.45, 2.75) is 13.3 Å². The second-order valence-electron chi connectivity index (χ2n) is 3.71. The Morgan fingerprint density at radius 2 is 2.00 bits per heavy atom. The molecular formula is C12H12BrN3O. The van der Waals surface area contributed by atoms with Gasteiger partial charge in [0.25, 0.3) is 0 Å². The van der Waals surface area contributed by atoms with E-state index in [1.807, 2.05) is 38.2 Å². The molecule has 0 saturated carbocycles. The maximum absolute atomic E-state index is 11.5. The first kappa shape index (κ1) is 12.0. The molecule has 0 aliphatic rings. The summed E-state index contributed by atoms with van der Waals surface area (Å²) in [4.78, 5) is 11.5. The van der Waals surface area contributed by atoms with E-state index in [2.05, 4.69) is 26.2 Å². The van der Waals surface area contributed by atoms with E-state index in [1.54, 1.807) is 4.68 Å². The normalized spacial score (nSPS) is 10.5. The molecule has 5 heteroatoms. The van der Waals surface area contributed by atoms with Crippen LogP contribution in [0, 0.1) is 0 Å².